The summed E-state index contributed by atoms with van der Waals surface area (Å²) < 4.78 is 5.19. The average Bonchev–Trinajstić information content (AvgIpc) is 2.27. The molecule has 1 atom stereocenters. The standard InChI is InChI=1S/C9H12BrN3O3/c1-9(15,7(14)16-2)5-13-8-11-3-6(10)4-12-8/h3-4,15H,5H2,1-2H3,(H,11,12,13)/t9-/m1/s1. The highest BCUT2D eigenvalue weighted by atomic mass is 79.9. The molecule has 0 aliphatic carbocycles. The first-order valence-corrected chi connectivity index (χ1v) is 5.27. The molecule has 1 aromatic rings. The number of nitrogens with one attached hydrogen (secondary N) is 1. The molecule has 0 radical (unpaired) electrons. The van der Waals surface area contributed by atoms with E-state index in [0.29, 0.717) is 5.95 Å². The minimum Gasteiger partial charge on any atom is -0.467 e. The monoisotopic (exact) mass is 289 g/mol. The molecule has 0 amide bonds. The van der Waals surface area contributed by atoms with E-state index in [1.54, 1.807) is 12.4 Å². The Kier molecular flexibility index (Phi) is 4.19. The second kappa shape index (κ2) is 5.22. The van der Waals surface area contributed by atoms with Crippen molar-refractivity contribution in [1.82, 2.24) is 9.97 Å². The van der Waals surface area contributed by atoms with Crippen molar-refractivity contribution in [3.63, 3.8) is 0 Å². The second-order valence-electron chi connectivity index (χ2n) is 3.34. The van der Waals surface area contributed by atoms with E-state index in [1.165, 1.54) is 14.0 Å². The molecule has 0 unspecified atom stereocenters. The number of halogens is 1. The van der Waals surface area contributed by atoms with Gasteiger partial charge in [-0.15, -0.1) is 0 Å². The van der Waals surface area contributed by atoms with Crippen LogP contribution in [0.5, 0.6) is 0 Å². The fourth-order valence-corrected chi connectivity index (χ4v) is 1.15. The van der Waals surface area contributed by atoms with Crippen LogP contribution in [0.15, 0.2) is 16.9 Å². The first kappa shape index (κ1) is 12.9. The summed E-state index contributed by atoms with van der Waals surface area (Å²) in [6.07, 6.45) is 3.12. The second-order valence-corrected chi connectivity index (χ2v) is 4.26. The van der Waals surface area contributed by atoms with E-state index in [4.69, 9.17) is 0 Å². The normalized spacial score (nSPS) is 14.0. The van der Waals surface area contributed by atoms with Gasteiger partial charge < -0.3 is 15.2 Å². The molecule has 0 saturated heterocycles. The van der Waals surface area contributed by atoms with E-state index in [2.05, 4.69) is 36.0 Å². The smallest absolute Gasteiger partial charge is 0.339 e. The lowest BCUT2D eigenvalue weighted by molar-refractivity contribution is -0.158. The highest BCUT2D eigenvalue weighted by Gasteiger charge is 2.31. The molecule has 1 aromatic heterocycles. The number of ether oxygens (including phenoxy) is 1. The maximum atomic E-state index is 11.1. The minimum absolute atomic E-state index is 0.0265. The number of nitrogens with zero attached hydrogens (tertiary/aromatic N) is 2. The third kappa shape index (κ3) is 3.42. The number of hydrogen-bond donors (Lipinski definition) is 2. The summed E-state index contributed by atoms with van der Waals surface area (Å²) in [6.45, 7) is 1.33. The number of hydrogen-bond acceptors (Lipinski definition) is 6. The number of carbonyl (C=O) groups is 1. The molecule has 88 valence electrons. The molecule has 7 heteroatoms. The number of carbonyl (C=O) groups excluding carboxylic acids is 1. The van der Waals surface area contributed by atoms with Crippen molar-refractivity contribution in [2.45, 2.75) is 12.5 Å². The molecular formula is C9H12BrN3O3. The molecule has 6 nitrogen and oxygen atoms in total. The zero-order valence-corrected chi connectivity index (χ0v) is 10.5. The molecule has 16 heavy (non-hydrogen) atoms. The Bertz CT molecular complexity index is 367. The van der Waals surface area contributed by atoms with Gasteiger partial charge in [-0.3, -0.25) is 0 Å². The van der Waals surface area contributed by atoms with Crippen LogP contribution in [0, 0.1) is 0 Å². The number of anilines is 1. The Morgan fingerprint density at radius 3 is 2.69 bits per heavy atom. The topological polar surface area (TPSA) is 84.3 Å². The molecular weight excluding hydrogens is 278 g/mol. The van der Waals surface area contributed by atoms with Gasteiger partial charge in [0.05, 0.1) is 18.1 Å². The van der Waals surface area contributed by atoms with Crippen LogP contribution in [0.1, 0.15) is 6.92 Å². The van der Waals surface area contributed by atoms with Crippen LogP contribution in [-0.2, 0) is 9.53 Å². The number of aliphatic hydroxyl groups is 1. The summed E-state index contributed by atoms with van der Waals surface area (Å²) in [5, 5.41) is 12.4. The summed E-state index contributed by atoms with van der Waals surface area (Å²) in [5.41, 5.74) is -1.61. The SMILES string of the molecule is COC(=O)[C@](C)(O)CNc1ncc(Br)cn1. The van der Waals surface area contributed by atoms with Gasteiger partial charge in [0.25, 0.3) is 0 Å². The van der Waals surface area contributed by atoms with Crippen LogP contribution in [0.2, 0.25) is 0 Å². The summed E-state index contributed by atoms with van der Waals surface area (Å²) in [4.78, 5) is 19.0. The summed E-state index contributed by atoms with van der Waals surface area (Å²) >= 11 is 3.19. The molecule has 0 aliphatic heterocycles. The largest absolute Gasteiger partial charge is 0.467 e. The van der Waals surface area contributed by atoms with Crippen molar-refractivity contribution in [3.05, 3.63) is 16.9 Å². The van der Waals surface area contributed by atoms with Gasteiger partial charge >= 0.3 is 5.97 Å². The van der Waals surface area contributed by atoms with Gasteiger partial charge in [-0.2, -0.15) is 0 Å². The highest BCUT2D eigenvalue weighted by molar-refractivity contribution is 9.10. The first-order chi connectivity index (χ1) is 7.45. The maximum Gasteiger partial charge on any atom is 0.339 e. The van der Waals surface area contributed by atoms with E-state index in [-0.39, 0.29) is 6.54 Å². The maximum absolute atomic E-state index is 11.1. The van der Waals surface area contributed by atoms with Crippen molar-refractivity contribution in [2.75, 3.05) is 19.0 Å². The predicted molar refractivity (Wildman–Crippen MR) is 60.9 cm³/mol. The molecule has 0 spiro atoms. The van der Waals surface area contributed by atoms with Gasteiger partial charge in [-0.25, -0.2) is 14.8 Å². The van der Waals surface area contributed by atoms with Crippen LogP contribution in [0.4, 0.5) is 5.95 Å². The van der Waals surface area contributed by atoms with Crippen molar-refractivity contribution >= 4 is 27.8 Å². The van der Waals surface area contributed by atoms with E-state index >= 15 is 0 Å². The lowest BCUT2D eigenvalue weighted by Gasteiger charge is -2.20. The third-order valence-corrected chi connectivity index (χ3v) is 2.25. The Labute approximate surface area is 101 Å². The van der Waals surface area contributed by atoms with E-state index in [9.17, 15) is 9.90 Å². The van der Waals surface area contributed by atoms with Crippen LogP contribution in [0.3, 0.4) is 0 Å². The predicted octanol–water partition coefficient (Wildman–Crippen LogP) is 0.575. The third-order valence-electron chi connectivity index (χ3n) is 1.84. The zero-order valence-electron chi connectivity index (χ0n) is 8.90. The number of methoxy groups -OCH3 is 1. The minimum atomic E-state index is -1.61. The molecule has 0 aliphatic rings. The zero-order chi connectivity index (χ0) is 12.2. The van der Waals surface area contributed by atoms with E-state index in [0.717, 1.165) is 4.47 Å². The van der Waals surface area contributed by atoms with Crippen LogP contribution in [0.25, 0.3) is 0 Å². The van der Waals surface area contributed by atoms with Crippen molar-refractivity contribution in [2.24, 2.45) is 0 Å². The molecule has 1 heterocycles. The van der Waals surface area contributed by atoms with Gasteiger partial charge in [-0.05, 0) is 22.9 Å². The molecule has 0 saturated carbocycles. The number of rotatable bonds is 4. The van der Waals surface area contributed by atoms with Crippen molar-refractivity contribution in [1.29, 1.82) is 0 Å². The van der Waals surface area contributed by atoms with Crippen molar-refractivity contribution in [3.8, 4) is 0 Å². The van der Waals surface area contributed by atoms with Crippen LogP contribution in [-0.4, -0.2) is 40.3 Å². The Balaban J connectivity index is 2.57. The number of esters is 1. The molecule has 0 bridgehead atoms. The lowest BCUT2D eigenvalue weighted by Crippen LogP contribution is -2.43. The van der Waals surface area contributed by atoms with Gasteiger partial charge in [-0.1, -0.05) is 0 Å². The van der Waals surface area contributed by atoms with Gasteiger partial charge in [0.1, 0.15) is 0 Å². The first-order valence-electron chi connectivity index (χ1n) is 4.48. The molecule has 1 rings (SSSR count). The molecule has 0 aromatic carbocycles. The Morgan fingerprint density at radius 2 is 2.19 bits per heavy atom. The fourth-order valence-electron chi connectivity index (χ4n) is 0.947. The lowest BCUT2D eigenvalue weighted by atomic mass is 10.1. The van der Waals surface area contributed by atoms with Crippen LogP contribution >= 0.6 is 15.9 Å². The average molecular weight is 290 g/mol. The quantitative estimate of drug-likeness (QED) is 0.789. The van der Waals surface area contributed by atoms with Crippen LogP contribution < -0.4 is 5.32 Å². The molecule has 2 N–H and O–H groups in total. The van der Waals surface area contributed by atoms with Gasteiger partial charge in [0.15, 0.2) is 5.60 Å². The van der Waals surface area contributed by atoms with E-state index in [1.807, 2.05) is 0 Å². The number of aromatic nitrogens is 2. The summed E-state index contributed by atoms with van der Waals surface area (Å²) in [6, 6.07) is 0. The Morgan fingerprint density at radius 1 is 1.62 bits per heavy atom. The molecule has 0 fully saturated rings. The van der Waals surface area contributed by atoms with Gasteiger partial charge in [0.2, 0.25) is 5.95 Å². The summed E-state index contributed by atoms with van der Waals surface area (Å²) in [5.74, 6) is -0.385. The fraction of sp³-hybridized carbons (Fsp3) is 0.444. The summed E-state index contributed by atoms with van der Waals surface area (Å²) in [7, 11) is 1.22. The van der Waals surface area contributed by atoms with E-state index < -0.39 is 11.6 Å². The highest BCUT2D eigenvalue weighted by Crippen LogP contribution is 2.09. The van der Waals surface area contributed by atoms with Crippen molar-refractivity contribution < 1.29 is 14.6 Å². The van der Waals surface area contributed by atoms with Gasteiger partial charge in [0, 0.05) is 12.4 Å². The Hall–Kier alpha value is -1.21.